The van der Waals surface area contributed by atoms with E-state index in [-0.39, 0.29) is 0 Å². The van der Waals surface area contributed by atoms with Crippen LogP contribution in [-0.2, 0) is 17.9 Å². The van der Waals surface area contributed by atoms with Gasteiger partial charge in [0.15, 0.2) is 11.5 Å². The maximum atomic E-state index is 6.60. The Bertz CT molecular complexity index is 1110. The van der Waals surface area contributed by atoms with Gasteiger partial charge in [-0.15, -0.1) is 0 Å². The van der Waals surface area contributed by atoms with E-state index in [4.69, 9.17) is 37.4 Å². The molecule has 5 nitrogen and oxygen atoms in total. The Morgan fingerprint density at radius 2 is 1.88 bits per heavy atom. The van der Waals surface area contributed by atoms with Crippen LogP contribution in [0.4, 0.5) is 11.4 Å². The fraction of sp³-hybridized carbons (Fsp3) is 0.280. The van der Waals surface area contributed by atoms with Gasteiger partial charge in [0.25, 0.3) is 0 Å². The van der Waals surface area contributed by atoms with Gasteiger partial charge in [-0.25, -0.2) is 0 Å². The van der Waals surface area contributed by atoms with Crippen LogP contribution in [0.15, 0.2) is 59.1 Å². The first-order valence-electron chi connectivity index (χ1n) is 10.6. The number of anilines is 2. The number of hydrogen-bond acceptors (Lipinski definition) is 5. The molecule has 0 bridgehead atoms. The Hall–Kier alpha value is -2.12. The molecular weight excluding hydrogens is 527 g/mol. The molecule has 0 amide bonds. The molecule has 1 heterocycles. The fourth-order valence-electron chi connectivity index (χ4n) is 3.72. The highest BCUT2D eigenvalue weighted by molar-refractivity contribution is 9.10. The lowest BCUT2D eigenvalue weighted by molar-refractivity contribution is 0.122. The van der Waals surface area contributed by atoms with Crippen LogP contribution in [0, 0.1) is 0 Å². The SMILES string of the molecule is COc1ccc(Br)c(CNc2ccc(N3CCOCC3)c(Cl)c2)c1OCc1cccc(Cl)c1. The normalized spacial score (nSPS) is 13.6. The van der Waals surface area contributed by atoms with E-state index < -0.39 is 0 Å². The van der Waals surface area contributed by atoms with Gasteiger partial charge in [0.05, 0.1) is 31.0 Å². The average molecular weight is 552 g/mol. The summed E-state index contributed by atoms with van der Waals surface area (Å²) in [5.74, 6) is 1.34. The molecular formula is C25H25BrCl2N2O3. The quantitative estimate of drug-likeness (QED) is 0.334. The summed E-state index contributed by atoms with van der Waals surface area (Å²) < 4.78 is 18.1. The summed E-state index contributed by atoms with van der Waals surface area (Å²) in [7, 11) is 1.64. The first kappa shape index (κ1) is 24.0. The minimum Gasteiger partial charge on any atom is -0.493 e. The number of nitrogens with one attached hydrogen (secondary N) is 1. The van der Waals surface area contributed by atoms with Crippen LogP contribution >= 0.6 is 39.1 Å². The highest BCUT2D eigenvalue weighted by atomic mass is 79.9. The van der Waals surface area contributed by atoms with E-state index in [1.165, 1.54) is 0 Å². The molecule has 0 spiro atoms. The number of hydrogen-bond donors (Lipinski definition) is 1. The lowest BCUT2D eigenvalue weighted by Gasteiger charge is -2.29. The topological polar surface area (TPSA) is 43.0 Å². The van der Waals surface area contributed by atoms with E-state index in [2.05, 4.69) is 26.1 Å². The third-order valence-electron chi connectivity index (χ3n) is 5.43. The Morgan fingerprint density at radius 3 is 2.61 bits per heavy atom. The van der Waals surface area contributed by atoms with Crippen molar-refractivity contribution in [2.45, 2.75) is 13.2 Å². The van der Waals surface area contributed by atoms with Gasteiger partial charge in [-0.1, -0.05) is 51.3 Å². The molecule has 0 atom stereocenters. The molecule has 3 aromatic carbocycles. The summed E-state index contributed by atoms with van der Waals surface area (Å²) in [6.45, 7) is 4.03. The summed E-state index contributed by atoms with van der Waals surface area (Å²) in [4.78, 5) is 2.25. The van der Waals surface area contributed by atoms with Gasteiger partial charge in [-0.3, -0.25) is 0 Å². The largest absolute Gasteiger partial charge is 0.493 e. The molecule has 33 heavy (non-hydrogen) atoms. The molecule has 0 saturated carbocycles. The minimum absolute atomic E-state index is 0.375. The molecule has 1 fully saturated rings. The summed E-state index contributed by atoms with van der Waals surface area (Å²) in [5, 5.41) is 4.85. The Balaban J connectivity index is 1.50. The number of halogens is 3. The van der Waals surface area contributed by atoms with Crippen LogP contribution in [0.3, 0.4) is 0 Å². The van der Waals surface area contributed by atoms with Crippen molar-refractivity contribution >= 4 is 50.5 Å². The second-order valence-corrected chi connectivity index (χ2v) is 9.29. The average Bonchev–Trinajstić information content (AvgIpc) is 2.83. The van der Waals surface area contributed by atoms with Gasteiger partial charge < -0.3 is 24.4 Å². The molecule has 0 radical (unpaired) electrons. The van der Waals surface area contributed by atoms with Crippen molar-refractivity contribution in [1.82, 2.24) is 0 Å². The fourth-order valence-corrected chi connectivity index (χ4v) is 4.68. The summed E-state index contributed by atoms with van der Waals surface area (Å²) in [6.07, 6.45) is 0. The van der Waals surface area contributed by atoms with Gasteiger partial charge in [0.1, 0.15) is 6.61 Å². The van der Waals surface area contributed by atoms with Gasteiger partial charge in [-0.2, -0.15) is 0 Å². The standard InChI is InChI=1S/C25H25BrCl2N2O3/c1-31-24-8-6-21(26)20(25(24)33-16-17-3-2-4-18(27)13-17)15-29-19-5-7-23(22(28)14-19)30-9-11-32-12-10-30/h2-8,13-14,29H,9-12,15-16H2,1H3. The van der Waals surface area contributed by atoms with Crippen molar-refractivity contribution in [1.29, 1.82) is 0 Å². The summed E-state index contributed by atoms with van der Waals surface area (Å²) in [6, 6.07) is 17.5. The molecule has 1 aliphatic rings. The van der Waals surface area contributed by atoms with Crippen molar-refractivity contribution < 1.29 is 14.2 Å². The lowest BCUT2D eigenvalue weighted by Crippen LogP contribution is -2.36. The van der Waals surface area contributed by atoms with Crippen molar-refractivity contribution in [3.05, 3.63) is 80.2 Å². The van der Waals surface area contributed by atoms with Gasteiger partial charge in [0.2, 0.25) is 0 Å². The van der Waals surface area contributed by atoms with E-state index in [9.17, 15) is 0 Å². The van der Waals surface area contributed by atoms with E-state index >= 15 is 0 Å². The van der Waals surface area contributed by atoms with Gasteiger partial charge in [-0.05, 0) is 48.0 Å². The lowest BCUT2D eigenvalue weighted by atomic mass is 10.1. The number of morpholine rings is 1. The van der Waals surface area contributed by atoms with Crippen LogP contribution in [0.2, 0.25) is 10.0 Å². The van der Waals surface area contributed by atoms with Crippen molar-refractivity contribution in [3.8, 4) is 11.5 Å². The van der Waals surface area contributed by atoms with Crippen LogP contribution in [0.5, 0.6) is 11.5 Å². The Morgan fingerprint density at radius 1 is 1.06 bits per heavy atom. The van der Waals surface area contributed by atoms with E-state index in [0.717, 1.165) is 53.3 Å². The van der Waals surface area contributed by atoms with E-state index in [0.29, 0.717) is 34.7 Å². The number of benzene rings is 3. The van der Waals surface area contributed by atoms with E-state index in [1.807, 2.05) is 54.6 Å². The second kappa shape index (κ2) is 11.3. The molecule has 0 aliphatic carbocycles. The number of rotatable bonds is 8. The molecule has 1 N–H and O–H groups in total. The Labute approximate surface area is 212 Å². The van der Waals surface area contributed by atoms with Crippen LogP contribution < -0.4 is 19.7 Å². The molecule has 8 heteroatoms. The maximum absolute atomic E-state index is 6.60. The van der Waals surface area contributed by atoms with Crippen LogP contribution in [-0.4, -0.2) is 33.4 Å². The minimum atomic E-state index is 0.375. The molecule has 0 aromatic heterocycles. The first-order chi connectivity index (χ1) is 16.0. The predicted molar refractivity (Wildman–Crippen MR) is 138 cm³/mol. The van der Waals surface area contributed by atoms with Crippen LogP contribution in [0.25, 0.3) is 0 Å². The zero-order valence-electron chi connectivity index (χ0n) is 18.2. The third-order valence-corrected chi connectivity index (χ3v) is 6.71. The van der Waals surface area contributed by atoms with Crippen molar-refractivity contribution in [2.75, 3.05) is 43.6 Å². The van der Waals surface area contributed by atoms with Crippen LogP contribution in [0.1, 0.15) is 11.1 Å². The predicted octanol–water partition coefficient (Wildman–Crippen LogP) is 6.79. The number of methoxy groups -OCH3 is 1. The highest BCUT2D eigenvalue weighted by Crippen LogP contribution is 2.38. The van der Waals surface area contributed by atoms with Crippen molar-refractivity contribution in [3.63, 3.8) is 0 Å². The van der Waals surface area contributed by atoms with E-state index in [1.54, 1.807) is 7.11 Å². The molecule has 174 valence electrons. The maximum Gasteiger partial charge on any atom is 0.167 e. The smallest absolute Gasteiger partial charge is 0.167 e. The zero-order valence-corrected chi connectivity index (χ0v) is 21.3. The molecule has 0 unspecified atom stereocenters. The molecule has 3 aromatic rings. The molecule has 1 saturated heterocycles. The van der Waals surface area contributed by atoms with Gasteiger partial charge >= 0.3 is 0 Å². The van der Waals surface area contributed by atoms with Crippen molar-refractivity contribution in [2.24, 2.45) is 0 Å². The zero-order chi connectivity index (χ0) is 23.2. The Kier molecular flexibility index (Phi) is 8.25. The summed E-state index contributed by atoms with van der Waals surface area (Å²) in [5.41, 5.74) is 3.88. The number of nitrogens with zero attached hydrogens (tertiary/aromatic N) is 1. The monoisotopic (exact) mass is 550 g/mol. The second-order valence-electron chi connectivity index (χ2n) is 7.60. The van der Waals surface area contributed by atoms with Gasteiger partial charge in [0, 0.05) is 40.4 Å². The first-order valence-corrected chi connectivity index (χ1v) is 12.2. The highest BCUT2D eigenvalue weighted by Gasteiger charge is 2.17. The molecule has 1 aliphatic heterocycles. The molecule has 4 rings (SSSR count). The summed E-state index contributed by atoms with van der Waals surface area (Å²) >= 11 is 16.4. The third kappa shape index (κ3) is 6.07. The number of ether oxygens (including phenoxy) is 3.